The van der Waals surface area contributed by atoms with Gasteiger partial charge >= 0.3 is 6.16 Å². The lowest BCUT2D eigenvalue weighted by molar-refractivity contribution is 0.137. The number of nitrogens with zero attached hydrogens (tertiary/aromatic N) is 1. The molecule has 5 heteroatoms. The highest BCUT2D eigenvalue weighted by Crippen LogP contribution is 1.42. The van der Waals surface area contributed by atoms with E-state index in [4.69, 9.17) is 20.2 Å². The minimum absolute atomic E-state index is 1.31. The van der Waals surface area contributed by atoms with Crippen molar-refractivity contribution in [2.45, 2.75) is 6.92 Å². The number of hydrogen-bond acceptors (Lipinski definition) is 3. The molecular formula is C3H7NO4. The lowest BCUT2D eigenvalue weighted by Crippen LogP contribution is -1.81. The molecule has 0 aliphatic heterocycles. The van der Waals surface area contributed by atoms with Crippen LogP contribution in [-0.2, 0) is 0 Å². The molecule has 0 radical (unpaired) electrons. The van der Waals surface area contributed by atoms with Gasteiger partial charge < -0.3 is 15.4 Å². The van der Waals surface area contributed by atoms with Gasteiger partial charge in [0.1, 0.15) is 0 Å². The molecule has 3 N–H and O–H groups in total. The lowest BCUT2D eigenvalue weighted by atomic mass is 10.9. The van der Waals surface area contributed by atoms with E-state index in [2.05, 4.69) is 5.16 Å². The fraction of sp³-hybridized carbons (Fsp3) is 0.333. The number of oxime groups is 1. The lowest BCUT2D eigenvalue weighted by Gasteiger charge is -1.60. The van der Waals surface area contributed by atoms with Gasteiger partial charge in [0.2, 0.25) is 0 Å². The Morgan fingerprint density at radius 2 is 1.75 bits per heavy atom. The van der Waals surface area contributed by atoms with Crippen LogP contribution in [0.3, 0.4) is 0 Å². The third-order valence-electron chi connectivity index (χ3n) is 0.115. The van der Waals surface area contributed by atoms with Gasteiger partial charge in [-0.2, -0.15) is 0 Å². The Labute approximate surface area is 45.9 Å². The molecule has 0 amide bonds. The molecular weight excluding hydrogens is 114 g/mol. The van der Waals surface area contributed by atoms with Crippen LogP contribution in [0.5, 0.6) is 0 Å². The van der Waals surface area contributed by atoms with Crippen LogP contribution >= 0.6 is 0 Å². The highest BCUT2D eigenvalue weighted by atomic mass is 16.6. The van der Waals surface area contributed by atoms with Crippen LogP contribution in [0.15, 0.2) is 5.16 Å². The molecule has 0 fully saturated rings. The van der Waals surface area contributed by atoms with Crippen LogP contribution in [0.25, 0.3) is 0 Å². The van der Waals surface area contributed by atoms with Crippen molar-refractivity contribution < 1.29 is 20.2 Å². The van der Waals surface area contributed by atoms with E-state index in [0.717, 1.165) is 0 Å². The van der Waals surface area contributed by atoms with E-state index in [1.807, 2.05) is 0 Å². The number of rotatable bonds is 0. The molecule has 5 nitrogen and oxygen atoms in total. The van der Waals surface area contributed by atoms with E-state index in [-0.39, 0.29) is 0 Å². The van der Waals surface area contributed by atoms with Crippen molar-refractivity contribution in [2.75, 3.05) is 0 Å². The fourth-order valence-electron chi connectivity index (χ4n) is 0. The maximum atomic E-state index is 8.56. The largest absolute Gasteiger partial charge is 0.503 e. The van der Waals surface area contributed by atoms with Gasteiger partial charge in [-0.05, 0) is 6.92 Å². The summed E-state index contributed by atoms with van der Waals surface area (Å²) in [4.78, 5) is 8.56. The van der Waals surface area contributed by atoms with Crippen molar-refractivity contribution in [1.82, 2.24) is 0 Å². The normalized spacial score (nSPS) is 7.62. The van der Waals surface area contributed by atoms with Crippen molar-refractivity contribution in [3.05, 3.63) is 0 Å². The molecule has 0 aromatic heterocycles. The molecule has 0 atom stereocenters. The van der Waals surface area contributed by atoms with Gasteiger partial charge in [0.25, 0.3) is 0 Å². The fourth-order valence-corrected chi connectivity index (χ4v) is 0. The summed E-state index contributed by atoms with van der Waals surface area (Å²) in [5, 5.41) is 24.0. The zero-order valence-electron chi connectivity index (χ0n) is 4.27. The Hall–Kier alpha value is -1.26. The molecule has 0 aromatic rings. The van der Waals surface area contributed by atoms with Gasteiger partial charge in [0.15, 0.2) is 0 Å². The average Bonchev–Trinajstić information content (AvgIpc) is 1.65. The summed E-state index contributed by atoms with van der Waals surface area (Å²) in [5.74, 6) is 0. The van der Waals surface area contributed by atoms with Crippen LogP contribution in [0.4, 0.5) is 4.79 Å². The second-order valence-electron chi connectivity index (χ2n) is 0.656. The highest BCUT2D eigenvalue weighted by Gasteiger charge is 1.70. The molecule has 0 aliphatic carbocycles. The first-order valence-electron chi connectivity index (χ1n) is 1.69. The van der Waals surface area contributed by atoms with Crippen LogP contribution in [-0.4, -0.2) is 27.8 Å². The van der Waals surface area contributed by atoms with Crippen molar-refractivity contribution in [2.24, 2.45) is 5.16 Å². The minimum atomic E-state index is -1.83. The Morgan fingerprint density at radius 1 is 1.62 bits per heavy atom. The van der Waals surface area contributed by atoms with Gasteiger partial charge in [-0.1, -0.05) is 0 Å². The minimum Gasteiger partial charge on any atom is -0.450 e. The summed E-state index contributed by atoms with van der Waals surface area (Å²) >= 11 is 0. The topological polar surface area (TPSA) is 90.1 Å². The summed E-state index contributed by atoms with van der Waals surface area (Å²) in [6.45, 7) is 1.64. The molecule has 0 bridgehead atoms. The van der Waals surface area contributed by atoms with E-state index in [9.17, 15) is 0 Å². The third-order valence-corrected chi connectivity index (χ3v) is 0.115. The van der Waals surface area contributed by atoms with Crippen molar-refractivity contribution in [3.63, 3.8) is 0 Å². The quantitative estimate of drug-likeness (QED) is 0.250. The molecule has 0 spiro atoms. The summed E-state index contributed by atoms with van der Waals surface area (Å²) in [6, 6.07) is 0. The molecule has 48 valence electrons. The van der Waals surface area contributed by atoms with Gasteiger partial charge in [0.05, 0.1) is 0 Å². The molecule has 0 aliphatic rings. The predicted octanol–water partition coefficient (Wildman–Crippen LogP) is 0.689. The first-order chi connectivity index (χ1) is 3.65. The van der Waals surface area contributed by atoms with Crippen molar-refractivity contribution in [3.8, 4) is 0 Å². The van der Waals surface area contributed by atoms with Gasteiger partial charge in [-0.3, -0.25) is 0 Å². The van der Waals surface area contributed by atoms with E-state index in [0.29, 0.717) is 0 Å². The second-order valence-corrected chi connectivity index (χ2v) is 0.656. The maximum absolute atomic E-state index is 8.56. The molecule has 0 unspecified atom stereocenters. The van der Waals surface area contributed by atoms with Crippen molar-refractivity contribution >= 4 is 12.4 Å². The molecule has 0 saturated heterocycles. The first kappa shape index (κ1) is 9.88. The monoisotopic (exact) mass is 121 g/mol. The SMILES string of the molecule is C/C=N/O.O=C(O)O. The summed E-state index contributed by atoms with van der Waals surface area (Å²) < 4.78 is 0. The first-order valence-corrected chi connectivity index (χ1v) is 1.69. The summed E-state index contributed by atoms with van der Waals surface area (Å²) in [5.41, 5.74) is 0. The maximum Gasteiger partial charge on any atom is 0.503 e. The van der Waals surface area contributed by atoms with Crippen LogP contribution in [0.1, 0.15) is 6.92 Å². The molecule has 0 saturated carbocycles. The van der Waals surface area contributed by atoms with Gasteiger partial charge in [-0.25, -0.2) is 4.79 Å². The zero-order chi connectivity index (χ0) is 6.99. The standard InChI is InChI=1S/C2H5NO.CH2O3/c1-2-3-4;2-1(3)4/h2,4H,1H3;(H2,2,3,4)/b3-2+;. The number of carboxylic acid groups (broad SMARTS) is 2. The molecule has 0 heterocycles. The zero-order valence-corrected chi connectivity index (χ0v) is 4.27. The van der Waals surface area contributed by atoms with E-state index in [1.165, 1.54) is 6.21 Å². The van der Waals surface area contributed by atoms with E-state index in [1.54, 1.807) is 6.92 Å². The second kappa shape index (κ2) is 9.22. The van der Waals surface area contributed by atoms with Crippen LogP contribution in [0.2, 0.25) is 0 Å². The Morgan fingerprint density at radius 3 is 1.75 bits per heavy atom. The molecule has 0 rings (SSSR count). The smallest absolute Gasteiger partial charge is 0.450 e. The number of hydrogen-bond donors (Lipinski definition) is 3. The summed E-state index contributed by atoms with van der Waals surface area (Å²) in [7, 11) is 0. The summed E-state index contributed by atoms with van der Waals surface area (Å²) in [6.07, 6.45) is -0.528. The molecule has 0 aromatic carbocycles. The van der Waals surface area contributed by atoms with Gasteiger partial charge in [0, 0.05) is 6.21 Å². The molecule has 8 heavy (non-hydrogen) atoms. The Kier molecular flexibility index (Phi) is 11.4. The third kappa shape index (κ3) is 981. The average molecular weight is 121 g/mol. The van der Waals surface area contributed by atoms with Crippen molar-refractivity contribution in [1.29, 1.82) is 0 Å². The van der Waals surface area contributed by atoms with E-state index >= 15 is 0 Å². The predicted molar refractivity (Wildman–Crippen MR) is 26.6 cm³/mol. The Bertz CT molecular complexity index is 71.4. The van der Waals surface area contributed by atoms with E-state index < -0.39 is 6.16 Å². The van der Waals surface area contributed by atoms with Crippen LogP contribution in [0, 0.1) is 0 Å². The van der Waals surface area contributed by atoms with Crippen LogP contribution < -0.4 is 0 Å². The van der Waals surface area contributed by atoms with Gasteiger partial charge in [-0.15, -0.1) is 5.16 Å². The number of carbonyl (C=O) groups is 1. The Balaban J connectivity index is 0. The highest BCUT2D eigenvalue weighted by molar-refractivity contribution is 5.53.